The largest absolute Gasteiger partial charge is 0.386 e. The van der Waals surface area contributed by atoms with E-state index in [1.807, 2.05) is 0 Å². The van der Waals surface area contributed by atoms with Crippen LogP contribution in [0.2, 0.25) is 0 Å². The molecule has 0 radical (unpaired) electrons. The van der Waals surface area contributed by atoms with Crippen molar-refractivity contribution in [2.45, 2.75) is 12.8 Å². The summed E-state index contributed by atoms with van der Waals surface area (Å²) in [5, 5.41) is 5.60. The molecule has 1 rings (SSSR count). The summed E-state index contributed by atoms with van der Waals surface area (Å²) >= 11 is 0. The quantitative estimate of drug-likeness (QED) is 0.611. The number of rotatable bonds is 6. The van der Waals surface area contributed by atoms with E-state index in [0.29, 0.717) is 24.2 Å². The zero-order chi connectivity index (χ0) is 12.7. The molecule has 0 aliphatic rings. The van der Waals surface area contributed by atoms with Gasteiger partial charge in [0.05, 0.1) is 17.4 Å². The average Bonchev–Trinajstić information content (AvgIpc) is 2.34. The zero-order valence-electron chi connectivity index (χ0n) is 9.69. The number of amides is 2. The smallest absolute Gasteiger partial charge is 0.253 e. The minimum atomic E-state index is -0.362. The molecule has 6 nitrogen and oxygen atoms in total. The van der Waals surface area contributed by atoms with E-state index in [2.05, 4.69) is 15.6 Å². The Bertz CT molecular complexity index is 406. The van der Waals surface area contributed by atoms with Crippen LogP contribution in [0.25, 0.3) is 0 Å². The van der Waals surface area contributed by atoms with Crippen molar-refractivity contribution in [3.05, 3.63) is 24.0 Å². The average molecular weight is 236 g/mol. The molecule has 6 heteroatoms. The summed E-state index contributed by atoms with van der Waals surface area (Å²) in [6.07, 6.45) is 3.95. The Morgan fingerprint density at radius 1 is 1.47 bits per heavy atom. The number of carbonyl (C=O) groups is 2. The second-order valence-corrected chi connectivity index (χ2v) is 3.50. The molecule has 0 aliphatic carbocycles. The van der Waals surface area contributed by atoms with Gasteiger partial charge in [-0.15, -0.1) is 0 Å². The van der Waals surface area contributed by atoms with Crippen LogP contribution in [0, 0.1) is 0 Å². The molecule has 1 aromatic rings. The molecule has 17 heavy (non-hydrogen) atoms. The van der Waals surface area contributed by atoms with Crippen LogP contribution >= 0.6 is 0 Å². The standard InChI is InChI=1S/C11H16N4O2/c1-13-9-7-14-6-4-8(9)11(17)15-5-2-3-10(12)16/h4,6-7,13H,2-3,5H2,1H3,(H2,12,16)(H,15,17). The van der Waals surface area contributed by atoms with Crippen LogP contribution in [0.4, 0.5) is 5.69 Å². The third-order valence-corrected chi connectivity index (χ3v) is 2.22. The van der Waals surface area contributed by atoms with Crippen molar-refractivity contribution < 1.29 is 9.59 Å². The lowest BCUT2D eigenvalue weighted by Gasteiger charge is -2.08. The maximum Gasteiger partial charge on any atom is 0.253 e. The summed E-state index contributed by atoms with van der Waals surface area (Å²) in [5.41, 5.74) is 6.19. The topological polar surface area (TPSA) is 97.1 Å². The normalized spacial score (nSPS) is 9.71. The SMILES string of the molecule is CNc1cnccc1C(=O)NCCCC(N)=O. The fourth-order valence-electron chi connectivity index (χ4n) is 1.35. The van der Waals surface area contributed by atoms with Crippen molar-refractivity contribution in [3.8, 4) is 0 Å². The second kappa shape index (κ2) is 6.47. The van der Waals surface area contributed by atoms with Gasteiger partial charge < -0.3 is 16.4 Å². The van der Waals surface area contributed by atoms with E-state index in [4.69, 9.17) is 5.73 Å². The predicted octanol–water partition coefficient (Wildman–Crippen LogP) is 0.119. The molecule has 2 amide bonds. The summed E-state index contributed by atoms with van der Waals surface area (Å²) in [6.45, 7) is 0.424. The summed E-state index contributed by atoms with van der Waals surface area (Å²) in [6, 6.07) is 1.63. The summed E-state index contributed by atoms with van der Waals surface area (Å²) in [5.74, 6) is -0.555. The van der Waals surface area contributed by atoms with Crippen LogP contribution in [0.3, 0.4) is 0 Å². The van der Waals surface area contributed by atoms with Crippen molar-refractivity contribution in [2.75, 3.05) is 18.9 Å². The van der Waals surface area contributed by atoms with E-state index >= 15 is 0 Å². The first-order valence-electron chi connectivity index (χ1n) is 5.33. The number of primary amides is 1. The molecule has 0 spiro atoms. The lowest BCUT2D eigenvalue weighted by Crippen LogP contribution is -2.26. The van der Waals surface area contributed by atoms with Crippen LogP contribution < -0.4 is 16.4 Å². The van der Waals surface area contributed by atoms with E-state index in [-0.39, 0.29) is 18.2 Å². The number of nitrogens with zero attached hydrogens (tertiary/aromatic N) is 1. The minimum absolute atomic E-state index is 0.193. The van der Waals surface area contributed by atoms with Crippen LogP contribution in [-0.4, -0.2) is 30.4 Å². The second-order valence-electron chi connectivity index (χ2n) is 3.50. The van der Waals surface area contributed by atoms with Gasteiger partial charge in [0, 0.05) is 26.2 Å². The number of nitrogens with two attached hydrogens (primary N) is 1. The Labute approximate surface area is 99.6 Å². The van der Waals surface area contributed by atoms with Crippen LogP contribution in [0.5, 0.6) is 0 Å². The fourth-order valence-corrected chi connectivity index (χ4v) is 1.35. The fraction of sp³-hybridized carbons (Fsp3) is 0.364. The van der Waals surface area contributed by atoms with E-state index in [1.165, 1.54) is 0 Å². The Hall–Kier alpha value is -2.11. The minimum Gasteiger partial charge on any atom is -0.386 e. The summed E-state index contributed by atoms with van der Waals surface area (Å²) < 4.78 is 0. The Morgan fingerprint density at radius 2 is 2.24 bits per heavy atom. The summed E-state index contributed by atoms with van der Waals surface area (Å²) in [7, 11) is 1.72. The van der Waals surface area contributed by atoms with Gasteiger partial charge in [-0.3, -0.25) is 14.6 Å². The third kappa shape index (κ3) is 4.10. The summed E-state index contributed by atoms with van der Waals surface area (Å²) in [4.78, 5) is 26.2. The molecule has 0 fully saturated rings. The molecule has 0 saturated heterocycles. The molecule has 92 valence electrons. The Balaban J connectivity index is 2.49. The molecule has 0 aliphatic heterocycles. The van der Waals surface area contributed by atoms with Crippen LogP contribution in [0.1, 0.15) is 23.2 Å². The Morgan fingerprint density at radius 3 is 2.88 bits per heavy atom. The molecule has 0 unspecified atom stereocenters. The number of nitrogens with one attached hydrogen (secondary N) is 2. The highest BCUT2D eigenvalue weighted by Crippen LogP contribution is 2.11. The van der Waals surface area contributed by atoms with Gasteiger partial charge in [-0.05, 0) is 12.5 Å². The molecule has 1 heterocycles. The molecule has 0 atom stereocenters. The number of hydrogen-bond acceptors (Lipinski definition) is 4. The van der Waals surface area contributed by atoms with E-state index in [0.717, 1.165) is 0 Å². The van der Waals surface area contributed by atoms with Crippen LogP contribution in [-0.2, 0) is 4.79 Å². The van der Waals surface area contributed by atoms with E-state index < -0.39 is 0 Å². The maximum atomic E-state index is 11.8. The highest BCUT2D eigenvalue weighted by atomic mass is 16.2. The van der Waals surface area contributed by atoms with Crippen molar-refractivity contribution >= 4 is 17.5 Å². The first-order chi connectivity index (χ1) is 8.15. The van der Waals surface area contributed by atoms with Crippen LogP contribution in [0.15, 0.2) is 18.5 Å². The van der Waals surface area contributed by atoms with Crippen molar-refractivity contribution in [1.29, 1.82) is 0 Å². The molecular formula is C11H16N4O2. The molecule has 0 saturated carbocycles. The van der Waals surface area contributed by atoms with Crippen molar-refractivity contribution in [1.82, 2.24) is 10.3 Å². The van der Waals surface area contributed by atoms with Gasteiger partial charge in [-0.2, -0.15) is 0 Å². The first kappa shape index (κ1) is 13.0. The number of carbonyl (C=O) groups excluding carboxylic acids is 2. The van der Waals surface area contributed by atoms with Gasteiger partial charge in [0.25, 0.3) is 5.91 Å². The lowest BCUT2D eigenvalue weighted by molar-refractivity contribution is -0.118. The van der Waals surface area contributed by atoms with Gasteiger partial charge in [-0.1, -0.05) is 0 Å². The number of anilines is 1. The van der Waals surface area contributed by atoms with Crippen molar-refractivity contribution in [3.63, 3.8) is 0 Å². The van der Waals surface area contributed by atoms with Gasteiger partial charge in [0.1, 0.15) is 0 Å². The van der Waals surface area contributed by atoms with Gasteiger partial charge in [0.2, 0.25) is 5.91 Å². The maximum absolute atomic E-state index is 11.8. The van der Waals surface area contributed by atoms with Gasteiger partial charge in [-0.25, -0.2) is 0 Å². The third-order valence-electron chi connectivity index (χ3n) is 2.22. The highest BCUT2D eigenvalue weighted by molar-refractivity contribution is 5.99. The van der Waals surface area contributed by atoms with E-state index in [9.17, 15) is 9.59 Å². The van der Waals surface area contributed by atoms with Crippen molar-refractivity contribution in [2.24, 2.45) is 5.73 Å². The van der Waals surface area contributed by atoms with E-state index in [1.54, 1.807) is 25.5 Å². The molecule has 4 N–H and O–H groups in total. The monoisotopic (exact) mass is 236 g/mol. The van der Waals surface area contributed by atoms with Gasteiger partial charge in [0.15, 0.2) is 0 Å². The highest BCUT2D eigenvalue weighted by Gasteiger charge is 2.09. The molecule has 0 bridgehead atoms. The first-order valence-corrected chi connectivity index (χ1v) is 5.33. The zero-order valence-corrected chi connectivity index (χ0v) is 9.69. The lowest BCUT2D eigenvalue weighted by atomic mass is 10.2. The number of hydrogen-bond donors (Lipinski definition) is 3. The number of pyridine rings is 1. The molecule has 1 aromatic heterocycles. The molecule has 0 aromatic carbocycles. The van der Waals surface area contributed by atoms with Gasteiger partial charge >= 0.3 is 0 Å². The molecular weight excluding hydrogens is 220 g/mol. The predicted molar refractivity (Wildman–Crippen MR) is 64.5 cm³/mol. The Kier molecular flexibility index (Phi) is 4.93. The number of aromatic nitrogens is 1.